The van der Waals surface area contributed by atoms with E-state index in [4.69, 9.17) is 21.4 Å². The summed E-state index contributed by atoms with van der Waals surface area (Å²) in [5.41, 5.74) is 0.712. The average Bonchev–Trinajstić information content (AvgIpc) is 2.69. The van der Waals surface area contributed by atoms with Gasteiger partial charge in [0.25, 0.3) is 0 Å². The standard InChI is InChI=1S/C12H13NO3S2/c1-2-3-6-13-11(14)15-8-4-5-9-10(7-8)18-12(17)16-9/h4-5,7H,2-3,6H2,1H3,(H,13,14). The highest BCUT2D eigenvalue weighted by atomic mass is 32.1. The molecule has 0 fully saturated rings. The highest BCUT2D eigenvalue weighted by Crippen LogP contribution is 2.26. The van der Waals surface area contributed by atoms with E-state index in [-0.39, 0.29) is 0 Å². The van der Waals surface area contributed by atoms with E-state index in [0.717, 1.165) is 17.5 Å². The van der Waals surface area contributed by atoms with Gasteiger partial charge in [-0.05, 0) is 30.8 Å². The third-order valence-electron chi connectivity index (χ3n) is 2.31. The van der Waals surface area contributed by atoms with Crippen LogP contribution in [0.4, 0.5) is 4.79 Å². The Morgan fingerprint density at radius 2 is 2.39 bits per heavy atom. The predicted molar refractivity (Wildman–Crippen MR) is 73.9 cm³/mol. The quantitative estimate of drug-likeness (QED) is 0.677. The van der Waals surface area contributed by atoms with E-state index in [9.17, 15) is 4.79 Å². The number of carbonyl (C=O) groups excluding carboxylic acids is 1. The molecule has 0 spiro atoms. The van der Waals surface area contributed by atoms with Crippen LogP contribution in [-0.2, 0) is 0 Å². The largest absolute Gasteiger partial charge is 0.435 e. The first-order chi connectivity index (χ1) is 8.69. The molecule has 6 heteroatoms. The van der Waals surface area contributed by atoms with E-state index in [2.05, 4.69) is 12.2 Å². The van der Waals surface area contributed by atoms with Crippen molar-refractivity contribution in [1.82, 2.24) is 5.32 Å². The molecule has 0 aliphatic heterocycles. The van der Waals surface area contributed by atoms with Gasteiger partial charge in [0.05, 0.1) is 4.70 Å². The number of fused-ring (bicyclic) bond motifs is 1. The second kappa shape index (κ2) is 5.97. The number of ether oxygens (including phenoxy) is 1. The molecule has 0 aliphatic rings. The van der Waals surface area contributed by atoms with E-state index in [0.29, 0.717) is 21.9 Å². The maximum absolute atomic E-state index is 11.5. The Hall–Kier alpha value is -1.40. The smallest absolute Gasteiger partial charge is 0.412 e. The van der Waals surface area contributed by atoms with Crippen LogP contribution in [0.2, 0.25) is 0 Å². The molecule has 1 N–H and O–H groups in total. The molecule has 0 saturated carbocycles. The number of unbranched alkanes of at least 4 members (excludes halogenated alkanes) is 1. The van der Waals surface area contributed by atoms with E-state index < -0.39 is 6.09 Å². The summed E-state index contributed by atoms with van der Waals surface area (Å²) in [5.74, 6) is 0.489. The van der Waals surface area contributed by atoms with Gasteiger partial charge in [0.1, 0.15) is 11.3 Å². The zero-order valence-corrected chi connectivity index (χ0v) is 11.5. The molecule has 1 heterocycles. The monoisotopic (exact) mass is 283 g/mol. The number of amides is 1. The van der Waals surface area contributed by atoms with Crippen LogP contribution in [0.1, 0.15) is 19.8 Å². The lowest BCUT2D eigenvalue weighted by atomic mass is 10.3. The molecule has 0 radical (unpaired) electrons. The number of carbonyl (C=O) groups is 1. The van der Waals surface area contributed by atoms with E-state index in [1.165, 1.54) is 11.3 Å². The first kappa shape index (κ1) is 13.0. The van der Waals surface area contributed by atoms with Gasteiger partial charge >= 0.3 is 6.09 Å². The summed E-state index contributed by atoms with van der Waals surface area (Å²) in [6, 6.07) is 5.18. The number of hydrogen-bond acceptors (Lipinski definition) is 5. The highest BCUT2D eigenvalue weighted by Gasteiger charge is 2.06. The zero-order valence-electron chi connectivity index (χ0n) is 9.89. The van der Waals surface area contributed by atoms with Crippen LogP contribution >= 0.6 is 23.6 Å². The Balaban J connectivity index is 2.02. The van der Waals surface area contributed by atoms with Crippen molar-refractivity contribution < 1.29 is 13.9 Å². The van der Waals surface area contributed by atoms with E-state index in [1.54, 1.807) is 18.2 Å². The molecule has 1 aromatic heterocycles. The molecule has 0 aliphatic carbocycles. The van der Waals surface area contributed by atoms with Crippen molar-refractivity contribution in [2.45, 2.75) is 19.8 Å². The van der Waals surface area contributed by atoms with Gasteiger partial charge in [0, 0.05) is 12.6 Å². The Bertz CT molecular complexity index is 603. The maximum Gasteiger partial charge on any atom is 0.412 e. The van der Waals surface area contributed by atoms with Crippen LogP contribution in [0.5, 0.6) is 5.75 Å². The molecular weight excluding hydrogens is 270 g/mol. The number of rotatable bonds is 4. The van der Waals surface area contributed by atoms with Crippen molar-refractivity contribution in [3.8, 4) is 5.75 Å². The molecule has 0 unspecified atom stereocenters. The molecule has 4 nitrogen and oxygen atoms in total. The Kier molecular flexibility index (Phi) is 4.33. The topological polar surface area (TPSA) is 51.5 Å². The second-order valence-electron chi connectivity index (χ2n) is 3.73. The molecule has 0 atom stereocenters. The molecule has 96 valence electrons. The van der Waals surface area contributed by atoms with Crippen molar-refractivity contribution in [3.05, 3.63) is 22.2 Å². The minimum absolute atomic E-state index is 0.435. The van der Waals surface area contributed by atoms with Crippen molar-refractivity contribution in [1.29, 1.82) is 0 Å². The molecular formula is C12H13NO3S2. The molecule has 1 amide bonds. The lowest BCUT2D eigenvalue weighted by molar-refractivity contribution is 0.200. The molecule has 2 aromatic rings. The van der Waals surface area contributed by atoms with Crippen LogP contribution < -0.4 is 10.1 Å². The van der Waals surface area contributed by atoms with Crippen molar-refractivity contribution in [2.75, 3.05) is 6.54 Å². The Labute approximate surface area is 114 Å². The summed E-state index contributed by atoms with van der Waals surface area (Å²) >= 11 is 6.30. The van der Waals surface area contributed by atoms with E-state index in [1.807, 2.05) is 0 Å². The Morgan fingerprint density at radius 1 is 1.56 bits per heavy atom. The fourth-order valence-electron chi connectivity index (χ4n) is 1.43. The van der Waals surface area contributed by atoms with Gasteiger partial charge in [0.15, 0.2) is 0 Å². The summed E-state index contributed by atoms with van der Waals surface area (Å²) < 4.78 is 11.8. The molecule has 0 saturated heterocycles. The first-order valence-corrected chi connectivity index (χ1v) is 6.91. The van der Waals surface area contributed by atoms with Crippen molar-refractivity contribution >= 4 is 39.9 Å². The summed E-state index contributed by atoms with van der Waals surface area (Å²) in [6.45, 7) is 2.69. The lowest BCUT2D eigenvalue weighted by Gasteiger charge is -2.05. The van der Waals surface area contributed by atoms with Gasteiger partial charge in [-0.15, -0.1) is 0 Å². The number of nitrogens with one attached hydrogen (secondary N) is 1. The fraction of sp³-hybridized carbons (Fsp3) is 0.333. The minimum atomic E-state index is -0.435. The fourth-order valence-corrected chi connectivity index (χ4v) is 2.48. The summed E-state index contributed by atoms with van der Waals surface area (Å²) in [4.78, 5) is 11.5. The van der Waals surface area contributed by atoms with Crippen molar-refractivity contribution in [2.24, 2.45) is 0 Å². The third-order valence-corrected chi connectivity index (χ3v) is 3.43. The SMILES string of the molecule is CCCCNC(=O)Oc1ccc2oc(=S)sc2c1. The van der Waals surface area contributed by atoms with Gasteiger partial charge in [-0.25, -0.2) is 4.79 Å². The average molecular weight is 283 g/mol. The van der Waals surface area contributed by atoms with Crippen LogP contribution in [0.15, 0.2) is 22.6 Å². The van der Waals surface area contributed by atoms with Gasteiger partial charge in [-0.3, -0.25) is 0 Å². The van der Waals surface area contributed by atoms with E-state index >= 15 is 0 Å². The first-order valence-electron chi connectivity index (χ1n) is 5.68. The third kappa shape index (κ3) is 3.30. The van der Waals surface area contributed by atoms with Gasteiger partial charge in [-0.1, -0.05) is 24.7 Å². The van der Waals surface area contributed by atoms with Gasteiger partial charge < -0.3 is 14.5 Å². The van der Waals surface area contributed by atoms with Crippen LogP contribution in [-0.4, -0.2) is 12.6 Å². The second-order valence-corrected chi connectivity index (χ2v) is 5.38. The molecule has 2 rings (SSSR count). The summed E-state index contributed by atoms with van der Waals surface area (Å²) in [5, 5.41) is 2.68. The summed E-state index contributed by atoms with van der Waals surface area (Å²) in [7, 11) is 0. The maximum atomic E-state index is 11.5. The molecule has 0 bridgehead atoms. The predicted octanol–water partition coefficient (Wildman–Crippen LogP) is 4.11. The lowest BCUT2D eigenvalue weighted by Crippen LogP contribution is -2.27. The Morgan fingerprint density at radius 3 is 3.17 bits per heavy atom. The van der Waals surface area contributed by atoms with Gasteiger partial charge in [0.2, 0.25) is 4.02 Å². The highest BCUT2D eigenvalue weighted by molar-refractivity contribution is 7.73. The molecule has 18 heavy (non-hydrogen) atoms. The van der Waals surface area contributed by atoms with Crippen LogP contribution in [0.3, 0.4) is 0 Å². The van der Waals surface area contributed by atoms with Crippen LogP contribution in [0, 0.1) is 4.02 Å². The molecule has 1 aromatic carbocycles. The van der Waals surface area contributed by atoms with Gasteiger partial charge in [-0.2, -0.15) is 0 Å². The normalized spacial score (nSPS) is 10.5. The summed E-state index contributed by atoms with van der Waals surface area (Å²) in [6.07, 6.45) is 1.54. The number of benzene rings is 1. The van der Waals surface area contributed by atoms with Crippen molar-refractivity contribution in [3.63, 3.8) is 0 Å². The zero-order chi connectivity index (χ0) is 13.0. The minimum Gasteiger partial charge on any atom is -0.435 e. The van der Waals surface area contributed by atoms with Crippen LogP contribution in [0.25, 0.3) is 10.3 Å². The number of hydrogen-bond donors (Lipinski definition) is 1.